The van der Waals surface area contributed by atoms with Gasteiger partial charge in [-0.25, -0.2) is 9.18 Å². The zero-order valence-electron chi connectivity index (χ0n) is 13.7. The molecule has 0 saturated carbocycles. The number of methoxy groups -OCH3 is 1. The first-order valence-corrected chi connectivity index (χ1v) is 7.91. The molecule has 0 radical (unpaired) electrons. The fraction of sp³-hybridized carbons (Fsp3) is 0.263. The number of carbonyl (C=O) groups is 2. The van der Waals surface area contributed by atoms with Gasteiger partial charge in [-0.2, -0.15) is 0 Å². The molecule has 2 aromatic rings. The number of hydrogen-bond acceptors (Lipinski definition) is 3. The fourth-order valence-electron chi connectivity index (χ4n) is 3.16. The van der Waals surface area contributed by atoms with E-state index in [1.807, 2.05) is 24.3 Å². The van der Waals surface area contributed by atoms with Gasteiger partial charge in [0.05, 0.1) is 13.5 Å². The molecule has 6 heteroatoms. The van der Waals surface area contributed by atoms with Crippen LogP contribution in [0.3, 0.4) is 0 Å². The lowest BCUT2D eigenvalue weighted by Gasteiger charge is -2.34. The highest BCUT2D eigenvalue weighted by molar-refractivity contribution is 5.86. The molecular weight excluding hydrogens is 325 g/mol. The van der Waals surface area contributed by atoms with Gasteiger partial charge in [-0.1, -0.05) is 24.3 Å². The average molecular weight is 343 g/mol. The Kier molecular flexibility index (Phi) is 4.70. The molecule has 25 heavy (non-hydrogen) atoms. The van der Waals surface area contributed by atoms with Crippen LogP contribution in [0.5, 0.6) is 5.75 Å². The maximum Gasteiger partial charge on any atom is 0.326 e. The van der Waals surface area contributed by atoms with Gasteiger partial charge in [0.15, 0.2) is 0 Å². The second-order valence-corrected chi connectivity index (χ2v) is 5.98. The van der Waals surface area contributed by atoms with E-state index >= 15 is 0 Å². The molecule has 0 fully saturated rings. The number of carbonyl (C=O) groups excluding carboxylic acids is 1. The second-order valence-electron chi connectivity index (χ2n) is 5.98. The minimum absolute atomic E-state index is 0.118. The van der Waals surface area contributed by atoms with Crippen LogP contribution in [-0.2, 0) is 29.0 Å². The summed E-state index contributed by atoms with van der Waals surface area (Å²) < 4.78 is 18.7. The van der Waals surface area contributed by atoms with Crippen LogP contribution in [-0.4, -0.2) is 35.0 Å². The summed E-state index contributed by atoms with van der Waals surface area (Å²) >= 11 is 0. The molecule has 0 saturated heterocycles. The lowest BCUT2D eigenvalue weighted by Crippen LogP contribution is -2.49. The summed E-state index contributed by atoms with van der Waals surface area (Å²) in [4.78, 5) is 25.7. The third-order valence-electron chi connectivity index (χ3n) is 4.44. The molecule has 1 atom stereocenters. The average Bonchev–Trinajstić information content (AvgIpc) is 2.60. The van der Waals surface area contributed by atoms with Gasteiger partial charge in [0.25, 0.3) is 0 Å². The Morgan fingerprint density at radius 3 is 2.64 bits per heavy atom. The number of nitrogens with zero attached hydrogens (tertiary/aromatic N) is 1. The van der Waals surface area contributed by atoms with Gasteiger partial charge in [-0.15, -0.1) is 0 Å². The van der Waals surface area contributed by atoms with Gasteiger partial charge in [-0.3, -0.25) is 4.79 Å². The van der Waals surface area contributed by atoms with E-state index in [1.54, 1.807) is 0 Å². The smallest absolute Gasteiger partial charge is 0.326 e. The molecule has 5 nitrogen and oxygen atoms in total. The molecule has 0 spiro atoms. The largest absolute Gasteiger partial charge is 0.496 e. The van der Waals surface area contributed by atoms with Gasteiger partial charge < -0.3 is 14.7 Å². The maximum absolute atomic E-state index is 13.5. The highest BCUT2D eigenvalue weighted by Crippen LogP contribution is 2.26. The summed E-state index contributed by atoms with van der Waals surface area (Å²) in [5, 5.41) is 9.52. The third-order valence-corrected chi connectivity index (χ3v) is 4.44. The van der Waals surface area contributed by atoms with Crippen molar-refractivity contribution in [1.29, 1.82) is 0 Å². The highest BCUT2D eigenvalue weighted by atomic mass is 19.1. The molecule has 1 amide bonds. The van der Waals surface area contributed by atoms with Crippen LogP contribution >= 0.6 is 0 Å². The molecule has 1 aliphatic rings. The molecule has 1 N–H and O–H groups in total. The molecule has 1 aliphatic heterocycles. The van der Waals surface area contributed by atoms with E-state index in [9.17, 15) is 19.1 Å². The van der Waals surface area contributed by atoms with Crippen molar-refractivity contribution < 1.29 is 23.8 Å². The third kappa shape index (κ3) is 3.47. The van der Waals surface area contributed by atoms with Crippen molar-refractivity contribution >= 4 is 11.9 Å². The number of hydrogen-bond donors (Lipinski definition) is 1. The van der Waals surface area contributed by atoms with Crippen LogP contribution in [0, 0.1) is 5.82 Å². The van der Waals surface area contributed by atoms with Crippen molar-refractivity contribution in [1.82, 2.24) is 4.90 Å². The first-order valence-electron chi connectivity index (χ1n) is 7.91. The topological polar surface area (TPSA) is 66.8 Å². The van der Waals surface area contributed by atoms with E-state index in [0.29, 0.717) is 11.3 Å². The van der Waals surface area contributed by atoms with Crippen molar-refractivity contribution in [3.8, 4) is 5.75 Å². The van der Waals surface area contributed by atoms with E-state index in [-0.39, 0.29) is 25.3 Å². The van der Waals surface area contributed by atoms with Crippen LogP contribution in [0.25, 0.3) is 0 Å². The first kappa shape index (κ1) is 17.0. The summed E-state index contributed by atoms with van der Waals surface area (Å²) in [6.45, 7) is 0.226. The molecule has 0 aromatic heterocycles. The predicted octanol–water partition coefficient (Wildman–Crippen LogP) is 2.41. The molecular formula is C19H18FNO4. The molecule has 0 bridgehead atoms. The van der Waals surface area contributed by atoms with Crippen LogP contribution < -0.4 is 4.74 Å². The number of carboxylic acid groups (broad SMARTS) is 1. The Morgan fingerprint density at radius 1 is 1.24 bits per heavy atom. The Balaban J connectivity index is 1.88. The van der Waals surface area contributed by atoms with Crippen molar-refractivity contribution in [2.24, 2.45) is 0 Å². The molecule has 0 aliphatic carbocycles. The Morgan fingerprint density at radius 2 is 1.96 bits per heavy atom. The zero-order valence-corrected chi connectivity index (χ0v) is 13.7. The Labute approximate surface area is 144 Å². The van der Waals surface area contributed by atoms with Crippen LogP contribution in [0.4, 0.5) is 4.39 Å². The highest BCUT2D eigenvalue weighted by Gasteiger charge is 2.34. The van der Waals surface area contributed by atoms with E-state index in [4.69, 9.17) is 4.74 Å². The lowest BCUT2D eigenvalue weighted by molar-refractivity contribution is -0.151. The number of benzene rings is 2. The molecule has 130 valence electrons. The van der Waals surface area contributed by atoms with Crippen LogP contribution in [0.2, 0.25) is 0 Å². The molecule has 1 heterocycles. The summed E-state index contributed by atoms with van der Waals surface area (Å²) in [6.07, 6.45) is 0.143. The molecule has 2 aromatic carbocycles. The normalized spacial score (nSPS) is 16.2. The first-order chi connectivity index (χ1) is 12.0. The van der Waals surface area contributed by atoms with E-state index in [0.717, 1.165) is 11.1 Å². The van der Waals surface area contributed by atoms with Crippen molar-refractivity contribution in [2.45, 2.75) is 25.4 Å². The fourth-order valence-corrected chi connectivity index (χ4v) is 3.16. The van der Waals surface area contributed by atoms with Crippen molar-refractivity contribution in [3.63, 3.8) is 0 Å². The number of aliphatic carboxylic acids is 1. The minimum atomic E-state index is -1.05. The number of halogens is 1. The summed E-state index contributed by atoms with van der Waals surface area (Å²) in [5.41, 5.74) is 2.26. The monoisotopic (exact) mass is 343 g/mol. The summed E-state index contributed by atoms with van der Waals surface area (Å²) in [7, 11) is 1.44. The number of amides is 1. The lowest BCUT2D eigenvalue weighted by atomic mass is 9.93. The zero-order chi connectivity index (χ0) is 18.0. The number of carboxylic acids is 1. The number of rotatable bonds is 4. The summed E-state index contributed by atoms with van der Waals surface area (Å²) in [6, 6.07) is 10.5. The van der Waals surface area contributed by atoms with Crippen LogP contribution in [0.1, 0.15) is 16.7 Å². The minimum Gasteiger partial charge on any atom is -0.496 e. The molecule has 0 unspecified atom stereocenters. The Hall–Kier alpha value is -2.89. The van der Waals surface area contributed by atoms with Crippen LogP contribution in [0.15, 0.2) is 42.5 Å². The van der Waals surface area contributed by atoms with E-state index in [1.165, 1.54) is 30.2 Å². The number of fused-ring (bicyclic) bond motifs is 1. The second kappa shape index (κ2) is 6.93. The predicted molar refractivity (Wildman–Crippen MR) is 88.8 cm³/mol. The number of ether oxygens (including phenoxy) is 1. The van der Waals surface area contributed by atoms with Gasteiger partial charge in [0.1, 0.15) is 17.6 Å². The van der Waals surface area contributed by atoms with Gasteiger partial charge in [-0.05, 0) is 29.3 Å². The van der Waals surface area contributed by atoms with Gasteiger partial charge in [0, 0.05) is 18.5 Å². The van der Waals surface area contributed by atoms with Crippen molar-refractivity contribution in [3.05, 3.63) is 65.0 Å². The quantitative estimate of drug-likeness (QED) is 0.926. The van der Waals surface area contributed by atoms with E-state index < -0.39 is 17.8 Å². The van der Waals surface area contributed by atoms with Gasteiger partial charge >= 0.3 is 5.97 Å². The maximum atomic E-state index is 13.5. The standard InChI is InChI=1S/C19H18FNO4/c1-25-17-7-6-15(20)8-14(17)10-18(22)21-11-13-5-3-2-4-12(13)9-16(21)19(23)24/h2-8,16H,9-11H2,1H3,(H,23,24)/t16-/m0/s1. The SMILES string of the molecule is COc1ccc(F)cc1CC(=O)N1Cc2ccccc2C[C@H]1C(=O)O. The summed E-state index contributed by atoms with van der Waals surface area (Å²) in [5.74, 6) is -1.48. The van der Waals surface area contributed by atoms with E-state index in [2.05, 4.69) is 0 Å². The molecule has 3 rings (SSSR count). The Bertz CT molecular complexity index is 821. The van der Waals surface area contributed by atoms with Crippen molar-refractivity contribution in [2.75, 3.05) is 7.11 Å². The van der Waals surface area contributed by atoms with Gasteiger partial charge in [0.2, 0.25) is 5.91 Å².